The molecule has 3 heterocycles. The second-order valence-corrected chi connectivity index (χ2v) is 6.85. The topological polar surface area (TPSA) is 41.6 Å². The van der Waals surface area contributed by atoms with Crippen molar-refractivity contribution < 1.29 is 9.53 Å². The van der Waals surface area contributed by atoms with Gasteiger partial charge in [0.2, 0.25) is 5.91 Å². The Morgan fingerprint density at radius 1 is 1.50 bits per heavy atom. The molecule has 2 fully saturated rings. The average molecular weight is 290 g/mol. The Kier molecular flexibility index (Phi) is 2.76. The smallest absolute Gasteiger partial charge is 0.223 e. The number of hydrogen-bond donors (Lipinski definition) is 1. The summed E-state index contributed by atoms with van der Waals surface area (Å²) in [6, 6.07) is 6.31. The number of thioether (sulfide) groups is 1. The monoisotopic (exact) mass is 290 g/mol. The first-order valence-electron chi connectivity index (χ1n) is 7.08. The third-order valence-electron chi connectivity index (χ3n) is 4.89. The number of rotatable bonds is 1. The lowest BCUT2D eigenvalue weighted by molar-refractivity contribution is -0.131. The molecule has 2 atom stereocenters. The van der Waals surface area contributed by atoms with Gasteiger partial charge in [-0.2, -0.15) is 0 Å². The molecule has 5 heteroatoms. The predicted molar refractivity (Wildman–Crippen MR) is 78.1 cm³/mol. The van der Waals surface area contributed by atoms with E-state index < -0.39 is 0 Å². The summed E-state index contributed by atoms with van der Waals surface area (Å²) in [4.78, 5) is 15.8. The molecule has 0 radical (unpaired) electrons. The molecule has 0 aromatic heterocycles. The molecule has 1 spiro atoms. The summed E-state index contributed by atoms with van der Waals surface area (Å²) in [5, 5.41) is 3.50. The van der Waals surface area contributed by atoms with Gasteiger partial charge >= 0.3 is 0 Å². The zero-order chi connectivity index (χ0) is 13.7. The number of nitrogens with one attached hydrogen (secondary N) is 1. The van der Waals surface area contributed by atoms with Crippen LogP contribution in [0.5, 0.6) is 5.75 Å². The Morgan fingerprint density at radius 2 is 2.40 bits per heavy atom. The molecule has 2 saturated heterocycles. The van der Waals surface area contributed by atoms with Gasteiger partial charge in [-0.05, 0) is 17.7 Å². The number of benzene rings is 1. The standard InChI is InChI=1S/C15H18N2O2S/c1-19-11-2-3-12-13(7-11)20-5-4-17-14(18)6-10-8-16-9-15(10,12)17/h2-3,7,10,16H,4-6,8-9H2,1H3/t10-,15+/m0/s1. The van der Waals surface area contributed by atoms with Gasteiger partial charge in [0.05, 0.1) is 12.6 Å². The summed E-state index contributed by atoms with van der Waals surface area (Å²) in [5.74, 6) is 2.58. The molecule has 1 aromatic rings. The Hall–Kier alpha value is -1.20. The van der Waals surface area contributed by atoms with Crippen LogP contribution in [0.1, 0.15) is 12.0 Å². The molecule has 1 amide bonds. The predicted octanol–water partition coefficient (Wildman–Crippen LogP) is 1.45. The van der Waals surface area contributed by atoms with Crippen LogP contribution in [-0.2, 0) is 10.3 Å². The zero-order valence-electron chi connectivity index (χ0n) is 11.5. The van der Waals surface area contributed by atoms with Crippen LogP contribution in [0.25, 0.3) is 0 Å². The lowest BCUT2D eigenvalue weighted by atomic mass is 9.81. The maximum Gasteiger partial charge on any atom is 0.223 e. The maximum absolute atomic E-state index is 12.4. The quantitative estimate of drug-likeness (QED) is 0.850. The summed E-state index contributed by atoms with van der Waals surface area (Å²) in [6.45, 7) is 2.67. The molecule has 0 aliphatic carbocycles. The fourth-order valence-corrected chi connectivity index (χ4v) is 5.08. The number of nitrogens with zero attached hydrogens (tertiary/aromatic N) is 1. The van der Waals surface area contributed by atoms with Gasteiger partial charge in [0, 0.05) is 42.6 Å². The number of carbonyl (C=O) groups excluding carboxylic acids is 1. The third-order valence-corrected chi connectivity index (χ3v) is 5.93. The zero-order valence-corrected chi connectivity index (χ0v) is 12.3. The van der Waals surface area contributed by atoms with Crippen molar-refractivity contribution in [3.63, 3.8) is 0 Å². The molecule has 1 N–H and O–H groups in total. The van der Waals surface area contributed by atoms with E-state index in [0.717, 1.165) is 31.1 Å². The van der Waals surface area contributed by atoms with Crippen molar-refractivity contribution in [2.75, 3.05) is 32.5 Å². The number of methoxy groups -OCH3 is 1. The van der Waals surface area contributed by atoms with E-state index in [9.17, 15) is 4.79 Å². The molecule has 0 saturated carbocycles. The van der Waals surface area contributed by atoms with Crippen LogP contribution in [0.15, 0.2) is 23.1 Å². The lowest BCUT2D eigenvalue weighted by Gasteiger charge is -2.37. The third kappa shape index (κ3) is 1.50. The molecule has 4 rings (SSSR count). The number of ether oxygens (including phenoxy) is 1. The summed E-state index contributed by atoms with van der Waals surface area (Å²) in [7, 11) is 1.70. The first-order valence-corrected chi connectivity index (χ1v) is 8.07. The molecule has 0 unspecified atom stereocenters. The molecule has 3 aliphatic heterocycles. The van der Waals surface area contributed by atoms with E-state index in [1.807, 2.05) is 17.8 Å². The van der Waals surface area contributed by atoms with Crippen molar-refractivity contribution >= 4 is 17.7 Å². The number of carbonyl (C=O) groups is 1. The lowest BCUT2D eigenvalue weighted by Crippen LogP contribution is -2.48. The number of hydrogen-bond acceptors (Lipinski definition) is 4. The number of amides is 1. The minimum Gasteiger partial charge on any atom is -0.497 e. The van der Waals surface area contributed by atoms with Gasteiger partial charge in [0.25, 0.3) is 0 Å². The van der Waals surface area contributed by atoms with E-state index in [4.69, 9.17) is 4.74 Å². The molecular weight excluding hydrogens is 272 g/mol. The van der Waals surface area contributed by atoms with E-state index in [1.165, 1.54) is 10.5 Å². The van der Waals surface area contributed by atoms with Gasteiger partial charge in [-0.25, -0.2) is 0 Å². The molecule has 4 nitrogen and oxygen atoms in total. The van der Waals surface area contributed by atoms with Gasteiger partial charge < -0.3 is 15.0 Å². The molecule has 106 valence electrons. The van der Waals surface area contributed by atoms with Gasteiger partial charge in [-0.1, -0.05) is 6.07 Å². The van der Waals surface area contributed by atoms with Crippen LogP contribution in [0, 0.1) is 5.92 Å². The second kappa shape index (κ2) is 4.40. The largest absolute Gasteiger partial charge is 0.497 e. The number of fused-ring (bicyclic) bond motifs is 1. The van der Waals surface area contributed by atoms with E-state index in [1.54, 1.807) is 7.11 Å². The highest BCUT2D eigenvalue weighted by atomic mass is 32.2. The Labute approximate surface area is 122 Å². The highest BCUT2D eigenvalue weighted by Gasteiger charge is 2.57. The summed E-state index contributed by atoms with van der Waals surface area (Å²) >= 11 is 1.84. The summed E-state index contributed by atoms with van der Waals surface area (Å²) < 4.78 is 5.35. The van der Waals surface area contributed by atoms with Crippen LogP contribution in [-0.4, -0.2) is 43.3 Å². The molecule has 1 aromatic carbocycles. The van der Waals surface area contributed by atoms with Crippen LogP contribution in [0.2, 0.25) is 0 Å². The normalized spacial score (nSPS) is 31.6. The highest BCUT2D eigenvalue weighted by molar-refractivity contribution is 7.99. The molecular formula is C15H18N2O2S. The van der Waals surface area contributed by atoms with Crippen molar-refractivity contribution in [1.82, 2.24) is 10.2 Å². The van der Waals surface area contributed by atoms with Gasteiger partial charge in [-0.15, -0.1) is 11.8 Å². The van der Waals surface area contributed by atoms with Crippen molar-refractivity contribution in [1.29, 1.82) is 0 Å². The summed E-state index contributed by atoms with van der Waals surface area (Å²) in [6.07, 6.45) is 0.684. The van der Waals surface area contributed by atoms with Crippen LogP contribution in [0.4, 0.5) is 0 Å². The minimum atomic E-state index is -0.123. The van der Waals surface area contributed by atoms with Crippen molar-refractivity contribution in [3.05, 3.63) is 23.8 Å². The summed E-state index contributed by atoms with van der Waals surface area (Å²) in [5.41, 5.74) is 1.18. The first kappa shape index (κ1) is 12.5. The fraction of sp³-hybridized carbons (Fsp3) is 0.533. The van der Waals surface area contributed by atoms with Crippen molar-refractivity contribution in [2.24, 2.45) is 5.92 Å². The molecule has 20 heavy (non-hydrogen) atoms. The van der Waals surface area contributed by atoms with Crippen LogP contribution in [0.3, 0.4) is 0 Å². The van der Waals surface area contributed by atoms with E-state index in [0.29, 0.717) is 18.2 Å². The molecule has 0 bridgehead atoms. The minimum absolute atomic E-state index is 0.123. The van der Waals surface area contributed by atoms with Crippen LogP contribution >= 0.6 is 11.8 Å². The fourth-order valence-electron chi connectivity index (χ4n) is 3.99. The highest BCUT2D eigenvalue weighted by Crippen LogP contribution is 2.51. The van der Waals surface area contributed by atoms with Gasteiger partial charge in [-0.3, -0.25) is 4.79 Å². The maximum atomic E-state index is 12.4. The second-order valence-electron chi connectivity index (χ2n) is 5.71. The van der Waals surface area contributed by atoms with E-state index in [2.05, 4.69) is 22.3 Å². The molecule has 3 aliphatic rings. The SMILES string of the molecule is COc1ccc2c(c1)SCCN1C(=O)C[C@H]3CNC[C@]231. The average Bonchev–Trinajstić information content (AvgIpc) is 2.90. The first-order chi connectivity index (χ1) is 9.75. The Bertz CT molecular complexity index is 577. The van der Waals surface area contributed by atoms with Crippen molar-refractivity contribution in [2.45, 2.75) is 16.9 Å². The Morgan fingerprint density at radius 3 is 3.25 bits per heavy atom. The van der Waals surface area contributed by atoms with E-state index >= 15 is 0 Å². The van der Waals surface area contributed by atoms with Crippen LogP contribution < -0.4 is 10.1 Å². The van der Waals surface area contributed by atoms with Crippen molar-refractivity contribution in [3.8, 4) is 5.75 Å². The Balaban J connectivity index is 1.91. The van der Waals surface area contributed by atoms with Gasteiger partial charge in [0.15, 0.2) is 0 Å². The van der Waals surface area contributed by atoms with Gasteiger partial charge in [0.1, 0.15) is 5.75 Å². The van der Waals surface area contributed by atoms with E-state index in [-0.39, 0.29) is 5.54 Å².